The number of hydrogen-bond donors (Lipinski definition) is 0. The number of halogens is 1. The number of rotatable bonds is 6. The first-order valence-corrected chi connectivity index (χ1v) is 7.97. The van der Waals surface area contributed by atoms with Gasteiger partial charge in [0.2, 0.25) is 0 Å². The molecule has 0 radical (unpaired) electrons. The van der Waals surface area contributed by atoms with E-state index in [0.717, 1.165) is 12.2 Å². The zero-order valence-electron chi connectivity index (χ0n) is 15.0. The highest BCUT2D eigenvalue weighted by Gasteiger charge is 2.24. The maximum Gasteiger partial charge on any atom is 0.129 e. The molecule has 0 spiro atoms. The van der Waals surface area contributed by atoms with Crippen molar-refractivity contribution in [3.05, 3.63) is 29.3 Å². The lowest BCUT2D eigenvalue weighted by molar-refractivity contribution is 0.185. The highest BCUT2D eigenvalue weighted by molar-refractivity contribution is 5.13. The third-order valence-corrected chi connectivity index (χ3v) is 3.45. The summed E-state index contributed by atoms with van der Waals surface area (Å²) in [6.07, 6.45) is 3.72. The summed E-state index contributed by atoms with van der Waals surface area (Å²) < 4.78 is 15.2. The quantitative estimate of drug-likeness (QED) is 0.806. The van der Waals surface area contributed by atoms with E-state index < -0.39 is 6.67 Å². The van der Waals surface area contributed by atoms with Crippen LogP contribution in [0.5, 0.6) is 0 Å². The number of hydrogen-bond acceptors (Lipinski definition) is 4. The number of aryl methyl sites for hydroxylation is 1. The standard InChI is InChI=1S/C16H28FN6/c1-13-8-21(19-18-13)11-16(5,6)12-23-14(7-17)9-22(20-23)10-15(2,3)4/h8-9H,7,10-12H2,1-6H3/q-1. The van der Waals surface area contributed by atoms with Gasteiger partial charge < -0.3 is 15.6 Å². The van der Waals surface area contributed by atoms with Gasteiger partial charge in [0.15, 0.2) is 0 Å². The molecule has 0 unspecified atom stereocenters. The van der Waals surface area contributed by atoms with Crippen LogP contribution in [0.25, 0.3) is 5.53 Å². The maximum atomic E-state index is 13.3. The van der Waals surface area contributed by atoms with Crippen LogP contribution in [0.2, 0.25) is 0 Å². The largest absolute Gasteiger partial charge is 0.475 e. The molecule has 130 valence electrons. The molecule has 1 aromatic rings. The van der Waals surface area contributed by atoms with E-state index in [1.54, 1.807) is 11.2 Å². The van der Waals surface area contributed by atoms with Gasteiger partial charge in [-0.15, -0.1) is 5.10 Å². The van der Waals surface area contributed by atoms with Gasteiger partial charge in [0.25, 0.3) is 0 Å². The fraction of sp³-hybridized carbons (Fsp3) is 0.750. The van der Waals surface area contributed by atoms with Crippen molar-refractivity contribution in [3.8, 4) is 0 Å². The van der Waals surface area contributed by atoms with Crippen LogP contribution in [0.1, 0.15) is 40.3 Å². The Kier molecular flexibility index (Phi) is 4.98. The molecule has 0 saturated carbocycles. The number of allylic oxidation sites excluding steroid dienone is 1. The molecule has 7 heteroatoms. The Hall–Kier alpha value is -1.63. The SMILES string of the molecule is Cc1cn(CC(C)(C)CN2[N-]N(CC(C)(C)C)C=C2CF)nn1. The minimum absolute atomic E-state index is 0.102. The zero-order chi connectivity index (χ0) is 17.3. The zero-order valence-corrected chi connectivity index (χ0v) is 15.0. The second-order valence-electron chi connectivity index (χ2n) is 8.28. The first kappa shape index (κ1) is 17.7. The summed E-state index contributed by atoms with van der Waals surface area (Å²) >= 11 is 0. The van der Waals surface area contributed by atoms with E-state index in [2.05, 4.69) is 50.5 Å². The van der Waals surface area contributed by atoms with E-state index in [1.807, 2.05) is 22.8 Å². The van der Waals surface area contributed by atoms with Gasteiger partial charge in [0.05, 0.1) is 5.69 Å². The molecule has 1 aliphatic heterocycles. The predicted molar refractivity (Wildman–Crippen MR) is 88.8 cm³/mol. The van der Waals surface area contributed by atoms with Crippen LogP contribution in [0.4, 0.5) is 4.39 Å². The summed E-state index contributed by atoms with van der Waals surface area (Å²) in [6, 6.07) is 0. The molecular formula is C16H28FN6-. The normalized spacial score (nSPS) is 16.2. The van der Waals surface area contributed by atoms with Crippen molar-refractivity contribution < 1.29 is 4.39 Å². The molecule has 0 amide bonds. The van der Waals surface area contributed by atoms with Gasteiger partial charge in [-0.3, -0.25) is 4.68 Å². The summed E-state index contributed by atoms with van der Waals surface area (Å²) in [6.45, 7) is 14.2. The van der Waals surface area contributed by atoms with Crippen molar-refractivity contribution >= 4 is 0 Å². The fourth-order valence-electron chi connectivity index (χ4n) is 2.63. The molecule has 0 aromatic carbocycles. The van der Waals surface area contributed by atoms with Gasteiger partial charge in [-0.1, -0.05) is 39.8 Å². The van der Waals surface area contributed by atoms with Crippen LogP contribution < -0.4 is 0 Å². The van der Waals surface area contributed by atoms with Crippen LogP contribution in [-0.2, 0) is 6.54 Å². The average Bonchev–Trinajstić information content (AvgIpc) is 2.92. The van der Waals surface area contributed by atoms with Crippen molar-refractivity contribution in [3.63, 3.8) is 0 Å². The van der Waals surface area contributed by atoms with Gasteiger partial charge in [0, 0.05) is 43.1 Å². The van der Waals surface area contributed by atoms with E-state index in [9.17, 15) is 4.39 Å². The lowest BCUT2D eigenvalue weighted by Crippen LogP contribution is -2.35. The Morgan fingerprint density at radius 2 is 1.83 bits per heavy atom. The van der Waals surface area contributed by atoms with Crippen LogP contribution in [-0.4, -0.2) is 44.8 Å². The molecule has 1 aromatic heterocycles. The molecule has 0 aliphatic carbocycles. The molecule has 0 bridgehead atoms. The summed E-state index contributed by atoms with van der Waals surface area (Å²) in [5, 5.41) is 11.7. The third-order valence-electron chi connectivity index (χ3n) is 3.45. The van der Waals surface area contributed by atoms with Crippen LogP contribution in [0.3, 0.4) is 0 Å². The third kappa shape index (κ3) is 5.20. The van der Waals surface area contributed by atoms with E-state index in [0.29, 0.717) is 18.8 Å². The van der Waals surface area contributed by atoms with Crippen LogP contribution >= 0.6 is 0 Å². The first-order chi connectivity index (χ1) is 10.6. The molecule has 0 saturated heterocycles. The Morgan fingerprint density at radius 3 is 2.35 bits per heavy atom. The Labute approximate surface area is 138 Å². The fourth-order valence-corrected chi connectivity index (χ4v) is 2.63. The molecule has 0 atom stereocenters. The highest BCUT2D eigenvalue weighted by Crippen LogP contribution is 2.31. The summed E-state index contributed by atoms with van der Waals surface area (Å²) in [5.74, 6) is 0. The molecule has 6 nitrogen and oxygen atoms in total. The minimum Gasteiger partial charge on any atom is -0.475 e. The van der Waals surface area contributed by atoms with Crippen molar-refractivity contribution in [1.82, 2.24) is 25.0 Å². The summed E-state index contributed by atoms with van der Waals surface area (Å²) in [7, 11) is 0. The van der Waals surface area contributed by atoms with Crippen molar-refractivity contribution in [1.29, 1.82) is 0 Å². The van der Waals surface area contributed by atoms with E-state index >= 15 is 0 Å². The number of alkyl halides is 1. The first-order valence-electron chi connectivity index (χ1n) is 7.97. The Bertz CT molecular complexity index is 557. The molecule has 0 N–H and O–H groups in total. The molecule has 2 heterocycles. The predicted octanol–water partition coefficient (Wildman–Crippen LogP) is 3.29. The van der Waals surface area contributed by atoms with Gasteiger partial charge in [-0.05, 0) is 12.3 Å². The van der Waals surface area contributed by atoms with Crippen molar-refractivity contribution in [2.24, 2.45) is 10.8 Å². The second-order valence-corrected chi connectivity index (χ2v) is 8.28. The molecule has 1 aliphatic rings. The molecular weight excluding hydrogens is 295 g/mol. The van der Waals surface area contributed by atoms with E-state index in [-0.39, 0.29) is 10.8 Å². The maximum absolute atomic E-state index is 13.3. The van der Waals surface area contributed by atoms with Gasteiger partial charge >= 0.3 is 0 Å². The lowest BCUT2D eigenvalue weighted by atomic mass is 9.93. The molecule has 23 heavy (non-hydrogen) atoms. The van der Waals surface area contributed by atoms with Gasteiger partial charge in [-0.25, -0.2) is 4.39 Å². The van der Waals surface area contributed by atoms with E-state index in [1.165, 1.54) is 0 Å². The van der Waals surface area contributed by atoms with E-state index in [4.69, 9.17) is 0 Å². The van der Waals surface area contributed by atoms with Crippen molar-refractivity contribution in [2.45, 2.75) is 48.1 Å². The lowest BCUT2D eigenvalue weighted by Gasteiger charge is -2.45. The summed E-state index contributed by atoms with van der Waals surface area (Å²) in [5.41, 5.74) is 6.04. The average molecular weight is 323 g/mol. The monoisotopic (exact) mass is 323 g/mol. The molecule has 0 fully saturated rings. The Balaban J connectivity index is 1.99. The summed E-state index contributed by atoms with van der Waals surface area (Å²) in [4.78, 5) is 0. The van der Waals surface area contributed by atoms with Gasteiger partial charge in [-0.2, -0.15) is 0 Å². The second kappa shape index (κ2) is 6.47. The minimum atomic E-state index is -0.511. The van der Waals surface area contributed by atoms with Crippen LogP contribution in [0.15, 0.2) is 18.1 Å². The molecule has 2 rings (SSSR count). The highest BCUT2D eigenvalue weighted by atomic mass is 19.1. The number of aromatic nitrogens is 3. The number of nitrogens with zero attached hydrogens (tertiary/aromatic N) is 6. The smallest absolute Gasteiger partial charge is 0.129 e. The topological polar surface area (TPSA) is 51.3 Å². The van der Waals surface area contributed by atoms with Crippen molar-refractivity contribution in [2.75, 3.05) is 19.8 Å². The Morgan fingerprint density at radius 1 is 1.13 bits per heavy atom. The van der Waals surface area contributed by atoms with Gasteiger partial charge in [0.1, 0.15) is 6.67 Å². The van der Waals surface area contributed by atoms with Crippen LogP contribution in [0, 0.1) is 17.8 Å².